The predicted molar refractivity (Wildman–Crippen MR) is 128 cm³/mol. The van der Waals surface area contributed by atoms with Gasteiger partial charge in [-0.15, -0.1) is 0 Å². The summed E-state index contributed by atoms with van der Waals surface area (Å²) in [6.07, 6.45) is 0. The Morgan fingerprint density at radius 1 is 0.935 bits per heavy atom. The molecule has 0 saturated carbocycles. The molecule has 0 saturated heterocycles. The van der Waals surface area contributed by atoms with Gasteiger partial charge in [-0.3, -0.25) is 4.79 Å². The van der Waals surface area contributed by atoms with Crippen molar-refractivity contribution in [3.8, 4) is 11.1 Å². The van der Waals surface area contributed by atoms with Crippen molar-refractivity contribution < 1.29 is 4.79 Å². The highest BCUT2D eigenvalue weighted by Crippen LogP contribution is 2.37. The van der Waals surface area contributed by atoms with E-state index in [1.54, 1.807) is 12.1 Å². The molecule has 0 aliphatic heterocycles. The molecule has 0 bridgehead atoms. The molecule has 1 amide bonds. The minimum atomic E-state index is -0.456. The van der Waals surface area contributed by atoms with Gasteiger partial charge in [-0.25, -0.2) is 0 Å². The van der Waals surface area contributed by atoms with Crippen molar-refractivity contribution in [1.82, 2.24) is 4.57 Å². The first-order valence-electron chi connectivity index (χ1n) is 9.79. The van der Waals surface area contributed by atoms with Crippen LogP contribution in [0.1, 0.15) is 15.9 Å². The van der Waals surface area contributed by atoms with E-state index in [0.717, 1.165) is 38.5 Å². The van der Waals surface area contributed by atoms with E-state index in [1.165, 1.54) is 0 Å². The van der Waals surface area contributed by atoms with E-state index in [1.807, 2.05) is 48.5 Å². The number of rotatable bonds is 4. The topological polar surface area (TPSA) is 48.0 Å². The fraction of sp³-hybridized carbons (Fsp3) is 0.0385. The number of fused-ring (bicyclic) bond motifs is 3. The summed E-state index contributed by atoms with van der Waals surface area (Å²) in [5.41, 5.74) is 11.0. The van der Waals surface area contributed by atoms with E-state index in [9.17, 15) is 4.79 Å². The second-order valence-electron chi connectivity index (χ2n) is 7.41. The second kappa shape index (κ2) is 7.77. The van der Waals surface area contributed by atoms with Crippen LogP contribution >= 0.6 is 23.2 Å². The standard InChI is InChI=1S/C26H17Cl2N2O/c27-18-10-12-19(22(28)14-18)17-9-11-20-24(13-17)30(15-16-5-2-1-3-6-16)23-8-4-7-21(25(20)23)26(29)31/h1-10,12-14H,15H2,(H2,29,31). The maximum atomic E-state index is 12.2. The predicted octanol–water partition coefficient (Wildman–Crippen LogP) is 6.72. The molecule has 1 aromatic heterocycles. The third-order valence-corrected chi connectivity index (χ3v) is 6.03. The zero-order valence-electron chi connectivity index (χ0n) is 16.4. The van der Waals surface area contributed by atoms with Crippen LogP contribution in [0.15, 0.2) is 78.9 Å². The summed E-state index contributed by atoms with van der Waals surface area (Å²) in [7, 11) is 0. The van der Waals surface area contributed by atoms with E-state index in [4.69, 9.17) is 28.9 Å². The fourth-order valence-electron chi connectivity index (χ4n) is 4.08. The maximum absolute atomic E-state index is 12.2. The Balaban J connectivity index is 1.82. The van der Waals surface area contributed by atoms with Crippen molar-refractivity contribution in [3.63, 3.8) is 0 Å². The molecule has 5 rings (SSSR count). The minimum Gasteiger partial charge on any atom is -0.366 e. The molecule has 2 N–H and O–H groups in total. The second-order valence-corrected chi connectivity index (χ2v) is 8.25. The zero-order valence-corrected chi connectivity index (χ0v) is 17.9. The lowest BCUT2D eigenvalue weighted by Gasteiger charge is -2.10. The molecule has 0 fully saturated rings. The molecule has 0 atom stereocenters. The molecule has 151 valence electrons. The fourth-order valence-corrected chi connectivity index (χ4v) is 4.59. The van der Waals surface area contributed by atoms with E-state index in [-0.39, 0.29) is 0 Å². The number of primary amides is 1. The van der Waals surface area contributed by atoms with Gasteiger partial charge in [0, 0.05) is 38.5 Å². The molecule has 4 aromatic carbocycles. The maximum Gasteiger partial charge on any atom is 0.249 e. The van der Waals surface area contributed by atoms with Gasteiger partial charge in [0.25, 0.3) is 0 Å². The van der Waals surface area contributed by atoms with Crippen LogP contribution in [0.3, 0.4) is 0 Å². The zero-order chi connectivity index (χ0) is 21.5. The number of aromatic nitrogens is 1. The Morgan fingerprint density at radius 3 is 2.48 bits per heavy atom. The summed E-state index contributed by atoms with van der Waals surface area (Å²) >= 11 is 12.5. The molecule has 5 heteroatoms. The molecule has 1 radical (unpaired) electrons. The Hall–Kier alpha value is -3.27. The van der Waals surface area contributed by atoms with Gasteiger partial charge in [0.1, 0.15) is 0 Å². The number of nitrogens with two attached hydrogens (primary N) is 1. The molecule has 0 spiro atoms. The third kappa shape index (κ3) is 3.46. The van der Waals surface area contributed by atoms with Crippen molar-refractivity contribution in [2.24, 2.45) is 5.73 Å². The van der Waals surface area contributed by atoms with Crippen LogP contribution in [0.2, 0.25) is 10.0 Å². The highest BCUT2D eigenvalue weighted by molar-refractivity contribution is 6.36. The summed E-state index contributed by atoms with van der Waals surface area (Å²) < 4.78 is 2.19. The van der Waals surface area contributed by atoms with Crippen LogP contribution in [0.5, 0.6) is 0 Å². The van der Waals surface area contributed by atoms with Crippen LogP contribution in [0.4, 0.5) is 0 Å². The number of carbonyl (C=O) groups excluding carboxylic acids is 1. The molecular formula is C26H17Cl2N2O. The average Bonchev–Trinajstić information content (AvgIpc) is 3.07. The summed E-state index contributed by atoms with van der Waals surface area (Å²) in [5.74, 6) is -0.456. The SMILES string of the molecule is NC(=O)c1cccc2c1c1[c]cc(-c3ccc(Cl)cc3Cl)cc1n2Cc1ccccc1. The van der Waals surface area contributed by atoms with E-state index < -0.39 is 5.91 Å². The molecule has 3 nitrogen and oxygen atoms in total. The molecule has 0 aliphatic rings. The Kier molecular flexibility index (Phi) is 4.93. The number of carbonyl (C=O) groups is 1. The third-order valence-electron chi connectivity index (χ3n) is 5.49. The van der Waals surface area contributed by atoms with Crippen LogP contribution in [-0.4, -0.2) is 10.5 Å². The van der Waals surface area contributed by atoms with Crippen molar-refractivity contribution in [2.75, 3.05) is 0 Å². The van der Waals surface area contributed by atoms with Crippen molar-refractivity contribution >= 4 is 50.9 Å². The van der Waals surface area contributed by atoms with Gasteiger partial charge in [0.2, 0.25) is 5.91 Å². The first-order valence-corrected chi connectivity index (χ1v) is 10.5. The molecule has 0 unspecified atom stereocenters. The smallest absolute Gasteiger partial charge is 0.249 e. The van der Waals surface area contributed by atoms with Gasteiger partial charge < -0.3 is 10.3 Å². The molecule has 0 aliphatic carbocycles. The van der Waals surface area contributed by atoms with Gasteiger partial charge >= 0.3 is 0 Å². The van der Waals surface area contributed by atoms with Crippen molar-refractivity contribution in [1.29, 1.82) is 0 Å². The summed E-state index contributed by atoms with van der Waals surface area (Å²) in [4.78, 5) is 12.2. The first-order chi connectivity index (χ1) is 15.0. The largest absolute Gasteiger partial charge is 0.366 e. The van der Waals surface area contributed by atoms with Crippen molar-refractivity contribution in [2.45, 2.75) is 6.54 Å². The number of hydrogen-bond acceptors (Lipinski definition) is 1. The summed E-state index contributed by atoms with van der Waals surface area (Å²) in [6, 6.07) is 28.6. The van der Waals surface area contributed by atoms with Gasteiger partial charge in [0.15, 0.2) is 0 Å². The van der Waals surface area contributed by atoms with E-state index in [0.29, 0.717) is 22.2 Å². The molecular weight excluding hydrogens is 427 g/mol. The summed E-state index contributed by atoms with van der Waals surface area (Å²) in [5, 5.41) is 2.83. The van der Waals surface area contributed by atoms with Crippen LogP contribution in [0.25, 0.3) is 32.9 Å². The lowest BCUT2D eigenvalue weighted by molar-refractivity contribution is 0.100. The molecule has 5 aromatic rings. The van der Waals surface area contributed by atoms with Gasteiger partial charge in [-0.1, -0.05) is 65.7 Å². The highest BCUT2D eigenvalue weighted by atomic mass is 35.5. The minimum absolute atomic E-state index is 0.456. The lowest BCUT2D eigenvalue weighted by atomic mass is 10.0. The number of benzene rings is 4. The Morgan fingerprint density at radius 2 is 1.74 bits per heavy atom. The summed E-state index contributed by atoms with van der Waals surface area (Å²) in [6.45, 7) is 0.648. The van der Waals surface area contributed by atoms with Crippen LogP contribution < -0.4 is 5.73 Å². The average molecular weight is 444 g/mol. The molecule has 31 heavy (non-hydrogen) atoms. The van der Waals surface area contributed by atoms with Gasteiger partial charge in [-0.05, 0) is 53.6 Å². The Labute approximate surface area is 189 Å². The van der Waals surface area contributed by atoms with E-state index >= 15 is 0 Å². The van der Waals surface area contributed by atoms with Gasteiger partial charge in [0.05, 0.1) is 11.0 Å². The van der Waals surface area contributed by atoms with Crippen LogP contribution in [-0.2, 0) is 6.54 Å². The van der Waals surface area contributed by atoms with Crippen molar-refractivity contribution in [3.05, 3.63) is 106 Å². The normalized spacial score (nSPS) is 11.3. The first kappa shape index (κ1) is 19.7. The van der Waals surface area contributed by atoms with Gasteiger partial charge in [-0.2, -0.15) is 0 Å². The Bertz CT molecular complexity index is 1460. The number of halogens is 2. The quantitative estimate of drug-likeness (QED) is 0.329. The molecule has 1 heterocycles. The number of hydrogen-bond donors (Lipinski definition) is 1. The monoisotopic (exact) mass is 443 g/mol. The number of amides is 1. The van der Waals surface area contributed by atoms with Crippen LogP contribution in [0, 0.1) is 6.07 Å². The number of nitrogens with zero attached hydrogens (tertiary/aromatic N) is 1. The van der Waals surface area contributed by atoms with E-state index in [2.05, 4.69) is 28.8 Å². The lowest BCUT2D eigenvalue weighted by Crippen LogP contribution is -2.11. The highest BCUT2D eigenvalue weighted by Gasteiger charge is 2.18.